The number of hydrogen-bond acceptors (Lipinski definition) is 5. The number of carbonyl (C=O) groups is 2. The summed E-state index contributed by atoms with van der Waals surface area (Å²) in [7, 11) is 3.16. The predicted molar refractivity (Wildman–Crippen MR) is 105 cm³/mol. The maximum Gasteiger partial charge on any atom is 0.243 e. The van der Waals surface area contributed by atoms with Crippen LogP contribution in [0.5, 0.6) is 11.5 Å². The van der Waals surface area contributed by atoms with Crippen LogP contribution in [0.15, 0.2) is 24.3 Å². The summed E-state index contributed by atoms with van der Waals surface area (Å²) >= 11 is 0. The quantitative estimate of drug-likeness (QED) is 0.787. The van der Waals surface area contributed by atoms with E-state index >= 15 is 0 Å². The molecule has 0 spiro atoms. The van der Waals surface area contributed by atoms with Gasteiger partial charge in [0.25, 0.3) is 0 Å². The van der Waals surface area contributed by atoms with Gasteiger partial charge in [0, 0.05) is 30.7 Å². The van der Waals surface area contributed by atoms with Gasteiger partial charge in [0.15, 0.2) is 0 Å². The Balaban J connectivity index is 1.77. The van der Waals surface area contributed by atoms with Crippen molar-refractivity contribution in [3.63, 3.8) is 0 Å². The standard InChI is InChI=1S/C20H26N4O4/c1-5-16(24-18-10-13(2)22-23(18)9-8-19(24)25)20(26)21-12-14-6-7-15(27-3)11-17(14)28-4/h6-7,10-11,16H,5,8-9,12H2,1-4H3,(H,21,26)/t16-/m1/s1. The Kier molecular flexibility index (Phi) is 5.87. The monoisotopic (exact) mass is 386 g/mol. The van der Waals surface area contributed by atoms with Crippen molar-refractivity contribution in [1.82, 2.24) is 15.1 Å². The van der Waals surface area contributed by atoms with Crippen LogP contribution < -0.4 is 19.7 Å². The summed E-state index contributed by atoms with van der Waals surface area (Å²) in [6.45, 7) is 4.61. The van der Waals surface area contributed by atoms with Gasteiger partial charge in [-0.2, -0.15) is 5.10 Å². The lowest BCUT2D eigenvalue weighted by Gasteiger charge is -2.33. The SMILES string of the molecule is CC[C@H](C(=O)NCc1ccc(OC)cc1OC)N1C(=O)CCn2nc(C)cc21. The Bertz CT molecular complexity index is 877. The smallest absolute Gasteiger partial charge is 0.243 e. The van der Waals surface area contributed by atoms with Gasteiger partial charge in [0.2, 0.25) is 11.8 Å². The van der Waals surface area contributed by atoms with Crippen LogP contribution >= 0.6 is 0 Å². The van der Waals surface area contributed by atoms with Crippen LogP contribution in [0.25, 0.3) is 0 Å². The summed E-state index contributed by atoms with van der Waals surface area (Å²) in [5, 5.41) is 7.34. The molecule has 1 atom stereocenters. The van der Waals surface area contributed by atoms with Crippen molar-refractivity contribution >= 4 is 17.6 Å². The number of anilines is 1. The van der Waals surface area contributed by atoms with Gasteiger partial charge in [-0.3, -0.25) is 14.5 Å². The molecule has 2 heterocycles. The minimum absolute atomic E-state index is 0.0589. The van der Waals surface area contributed by atoms with Crippen LogP contribution in [0.4, 0.5) is 5.82 Å². The number of amides is 2. The first-order valence-electron chi connectivity index (χ1n) is 9.33. The zero-order chi connectivity index (χ0) is 20.3. The molecule has 0 saturated heterocycles. The predicted octanol–water partition coefficient (Wildman–Crippen LogP) is 2.04. The largest absolute Gasteiger partial charge is 0.497 e. The number of nitrogens with zero attached hydrogens (tertiary/aromatic N) is 3. The summed E-state index contributed by atoms with van der Waals surface area (Å²) in [6, 6.07) is 6.69. The molecule has 2 aromatic rings. The van der Waals surface area contributed by atoms with E-state index in [1.807, 2.05) is 32.0 Å². The molecule has 1 N–H and O–H groups in total. The first kappa shape index (κ1) is 19.7. The molecule has 8 heteroatoms. The summed E-state index contributed by atoms with van der Waals surface area (Å²) < 4.78 is 12.4. The third-order valence-corrected chi connectivity index (χ3v) is 4.88. The summed E-state index contributed by atoms with van der Waals surface area (Å²) in [4.78, 5) is 27.1. The van der Waals surface area contributed by atoms with Gasteiger partial charge in [-0.25, -0.2) is 4.68 Å². The number of aryl methyl sites for hydroxylation is 2. The van der Waals surface area contributed by atoms with E-state index < -0.39 is 6.04 Å². The first-order valence-corrected chi connectivity index (χ1v) is 9.33. The Hall–Kier alpha value is -3.03. The normalized spacial score (nSPS) is 14.4. The molecule has 0 fully saturated rings. The van der Waals surface area contributed by atoms with E-state index in [-0.39, 0.29) is 11.8 Å². The topological polar surface area (TPSA) is 85.7 Å². The lowest BCUT2D eigenvalue weighted by Crippen LogP contribution is -2.52. The van der Waals surface area contributed by atoms with E-state index in [0.29, 0.717) is 43.2 Å². The Morgan fingerprint density at radius 3 is 2.75 bits per heavy atom. The second-order valence-corrected chi connectivity index (χ2v) is 6.70. The molecule has 1 aromatic carbocycles. The Morgan fingerprint density at radius 2 is 2.07 bits per heavy atom. The molecule has 0 unspecified atom stereocenters. The van der Waals surface area contributed by atoms with Gasteiger partial charge >= 0.3 is 0 Å². The maximum absolute atomic E-state index is 12.9. The fourth-order valence-electron chi connectivity index (χ4n) is 3.46. The van der Waals surface area contributed by atoms with Crippen molar-refractivity contribution in [3.8, 4) is 11.5 Å². The molecule has 1 aliphatic rings. The van der Waals surface area contributed by atoms with Crippen LogP contribution in [0.2, 0.25) is 0 Å². The number of aromatic nitrogens is 2. The molecular formula is C20H26N4O4. The molecule has 3 rings (SSSR count). The number of benzene rings is 1. The van der Waals surface area contributed by atoms with Crippen molar-refractivity contribution in [2.45, 2.75) is 45.8 Å². The minimum Gasteiger partial charge on any atom is -0.497 e. The molecule has 2 amide bonds. The maximum atomic E-state index is 12.9. The highest BCUT2D eigenvalue weighted by Gasteiger charge is 2.34. The highest BCUT2D eigenvalue weighted by atomic mass is 16.5. The lowest BCUT2D eigenvalue weighted by molar-refractivity contribution is -0.127. The van der Waals surface area contributed by atoms with Crippen molar-refractivity contribution in [3.05, 3.63) is 35.5 Å². The summed E-state index contributed by atoms with van der Waals surface area (Å²) in [5.74, 6) is 1.73. The molecule has 0 radical (unpaired) electrons. The number of nitrogens with one attached hydrogen (secondary N) is 1. The van der Waals surface area contributed by atoms with Gasteiger partial charge < -0.3 is 14.8 Å². The number of rotatable bonds is 7. The van der Waals surface area contributed by atoms with Crippen molar-refractivity contribution in [2.24, 2.45) is 0 Å². The van der Waals surface area contributed by atoms with E-state index in [1.54, 1.807) is 29.9 Å². The van der Waals surface area contributed by atoms with E-state index in [1.165, 1.54) is 0 Å². The fraction of sp³-hybridized carbons (Fsp3) is 0.450. The number of fused-ring (bicyclic) bond motifs is 1. The van der Waals surface area contributed by atoms with Crippen LogP contribution in [0.1, 0.15) is 31.0 Å². The Labute approximate surface area is 164 Å². The third kappa shape index (κ3) is 3.81. The lowest BCUT2D eigenvalue weighted by atomic mass is 10.1. The molecule has 8 nitrogen and oxygen atoms in total. The zero-order valence-electron chi connectivity index (χ0n) is 16.7. The minimum atomic E-state index is -0.591. The van der Waals surface area contributed by atoms with Gasteiger partial charge in [0.05, 0.1) is 26.5 Å². The number of hydrogen-bond donors (Lipinski definition) is 1. The third-order valence-electron chi connectivity index (χ3n) is 4.88. The average molecular weight is 386 g/mol. The highest BCUT2D eigenvalue weighted by molar-refractivity contribution is 6.01. The van der Waals surface area contributed by atoms with E-state index in [2.05, 4.69) is 10.4 Å². The van der Waals surface area contributed by atoms with Crippen molar-refractivity contribution in [2.75, 3.05) is 19.1 Å². The number of ether oxygens (including phenoxy) is 2. The van der Waals surface area contributed by atoms with Gasteiger partial charge in [-0.15, -0.1) is 0 Å². The summed E-state index contributed by atoms with van der Waals surface area (Å²) in [6.07, 6.45) is 0.839. The van der Waals surface area contributed by atoms with Crippen molar-refractivity contribution in [1.29, 1.82) is 0 Å². The van der Waals surface area contributed by atoms with Gasteiger partial charge in [-0.1, -0.05) is 6.92 Å². The Morgan fingerprint density at radius 1 is 1.29 bits per heavy atom. The number of carbonyl (C=O) groups excluding carboxylic acids is 2. The molecule has 0 aliphatic carbocycles. The van der Waals surface area contributed by atoms with E-state index in [0.717, 1.165) is 11.3 Å². The molecule has 1 aliphatic heterocycles. The van der Waals surface area contributed by atoms with Gasteiger partial charge in [0.1, 0.15) is 23.4 Å². The second-order valence-electron chi connectivity index (χ2n) is 6.70. The zero-order valence-corrected chi connectivity index (χ0v) is 16.7. The molecular weight excluding hydrogens is 360 g/mol. The molecule has 150 valence electrons. The first-order chi connectivity index (χ1) is 13.5. The number of methoxy groups -OCH3 is 2. The van der Waals surface area contributed by atoms with E-state index in [4.69, 9.17) is 9.47 Å². The van der Waals surface area contributed by atoms with Crippen LogP contribution in [0.3, 0.4) is 0 Å². The average Bonchev–Trinajstić information content (AvgIpc) is 3.08. The highest BCUT2D eigenvalue weighted by Crippen LogP contribution is 2.27. The molecule has 0 bridgehead atoms. The second kappa shape index (κ2) is 8.33. The van der Waals surface area contributed by atoms with Crippen molar-refractivity contribution < 1.29 is 19.1 Å². The van der Waals surface area contributed by atoms with Crippen LogP contribution in [-0.4, -0.2) is 41.9 Å². The van der Waals surface area contributed by atoms with E-state index in [9.17, 15) is 9.59 Å². The van der Waals surface area contributed by atoms with Crippen LogP contribution in [-0.2, 0) is 22.7 Å². The molecule has 1 aromatic heterocycles. The molecule has 0 saturated carbocycles. The fourth-order valence-corrected chi connectivity index (χ4v) is 3.46. The van der Waals surface area contributed by atoms with Gasteiger partial charge in [-0.05, 0) is 25.5 Å². The summed E-state index contributed by atoms with van der Waals surface area (Å²) in [5.41, 5.74) is 1.66. The van der Waals surface area contributed by atoms with Crippen LogP contribution in [0, 0.1) is 6.92 Å². The molecule has 28 heavy (non-hydrogen) atoms.